The van der Waals surface area contributed by atoms with E-state index in [1.54, 1.807) is 24.3 Å². The van der Waals surface area contributed by atoms with Gasteiger partial charge in [0.1, 0.15) is 5.75 Å². The van der Waals surface area contributed by atoms with Gasteiger partial charge in [0.2, 0.25) is 5.91 Å². The molecule has 2 N–H and O–H groups in total. The maximum absolute atomic E-state index is 12.8. The van der Waals surface area contributed by atoms with Crippen molar-refractivity contribution in [2.24, 2.45) is 0 Å². The first-order valence-corrected chi connectivity index (χ1v) is 12.0. The van der Waals surface area contributed by atoms with Crippen LogP contribution in [0.4, 0.5) is 11.4 Å². The average Bonchev–Trinajstić information content (AvgIpc) is 3.33. The first kappa shape index (κ1) is 24.0. The molecule has 2 amide bonds. The SMILES string of the molecule is CCOc1ccccc1-c1nnc(SCC(=O)Nc2ccccc2C(=O)Nc2cccc(C)c2)o1. The minimum absolute atomic E-state index is 0.0303. The van der Waals surface area contributed by atoms with Crippen LogP contribution in [0.25, 0.3) is 11.5 Å². The Labute approximate surface area is 207 Å². The molecule has 1 aromatic heterocycles. The molecule has 0 aliphatic heterocycles. The van der Waals surface area contributed by atoms with Crippen molar-refractivity contribution in [1.82, 2.24) is 10.2 Å². The van der Waals surface area contributed by atoms with Crippen molar-refractivity contribution >= 4 is 35.0 Å². The largest absolute Gasteiger partial charge is 0.493 e. The lowest BCUT2D eigenvalue weighted by atomic mass is 10.1. The summed E-state index contributed by atoms with van der Waals surface area (Å²) in [5.74, 6) is 0.375. The lowest BCUT2D eigenvalue weighted by Crippen LogP contribution is -2.19. The molecule has 0 saturated heterocycles. The zero-order valence-electron chi connectivity index (χ0n) is 19.3. The molecular weight excluding hydrogens is 464 g/mol. The minimum Gasteiger partial charge on any atom is -0.493 e. The number of para-hydroxylation sites is 2. The van der Waals surface area contributed by atoms with Gasteiger partial charge in [-0.1, -0.05) is 48.2 Å². The van der Waals surface area contributed by atoms with E-state index < -0.39 is 0 Å². The first-order valence-electron chi connectivity index (χ1n) is 11.0. The Kier molecular flexibility index (Phi) is 7.79. The highest BCUT2D eigenvalue weighted by Gasteiger charge is 2.17. The molecule has 35 heavy (non-hydrogen) atoms. The van der Waals surface area contributed by atoms with Gasteiger partial charge in [0.05, 0.1) is 29.2 Å². The summed E-state index contributed by atoms with van der Waals surface area (Å²) in [6, 6.07) is 21.7. The van der Waals surface area contributed by atoms with Gasteiger partial charge in [-0.05, 0) is 55.8 Å². The van der Waals surface area contributed by atoms with Gasteiger partial charge in [0.25, 0.3) is 17.0 Å². The molecule has 0 aliphatic carbocycles. The van der Waals surface area contributed by atoms with Crippen LogP contribution in [-0.2, 0) is 4.79 Å². The summed E-state index contributed by atoms with van der Waals surface area (Å²) in [7, 11) is 0. The van der Waals surface area contributed by atoms with Crippen LogP contribution in [0.15, 0.2) is 82.4 Å². The Balaban J connectivity index is 1.38. The molecule has 178 valence electrons. The van der Waals surface area contributed by atoms with Crippen LogP contribution in [0.5, 0.6) is 5.75 Å². The molecule has 0 fully saturated rings. The van der Waals surface area contributed by atoms with E-state index in [1.165, 1.54) is 0 Å². The Bertz CT molecular complexity index is 1340. The van der Waals surface area contributed by atoms with E-state index >= 15 is 0 Å². The molecule has 0 saturated carbocycles. The predicted molar refractivity (Wildman–Crippen MR) is 136 cm³/mol. The van der Waals surface area contributed by atoms with Crippen molar-refractivity contribution < 1.29 is 18.7 Å². The van der Waals surface area contributed by atoms with Gasteiger partial charge in [0, 0.05) is 5.69 Å². The third kappa shape index (κ3) is 6.27. The molecule has 1 heterocycles. The van der Waals surface area contributed by atoms with Gasteiger partial charge in [-0.2, -0.15) is 0 Å². The molecule has 0 aliphatic rings. The van der Waals surface area contributed by atoms with Crippen molar-refractivity contribution in [3.8, 4) is 17.2 Å². The first-order chi connectivity index (χ1) is 17.0. The summed E-state index contributed by atoms with van der Waals surface area (Å²) in [4.78, 5) is 25.4. The normalized spacial score (nSPS) is 10.6. The van der Waals surface area contributed by atoms with Crippen LogP contribution in [0.3, 0.4) is 0 Å². The number of benzene rings is 3. The van der Waals surface area contributed by atoms with Crippen molar-refractivity contribution in [3.05, 3.63) is 83.9 Å². The second-order valence-corrected chi connectivity index (χ2v) is 8.43. The summed E-state index contributed by atoms with van der Waals surface area (Å²) in [5, 5.41) is 14.0. The monoisotopic (exact) mass is 488 g/mol. The van der Waals surface area contributed by atoms with Crippen molar-refractivity contribution in [3.63, 3.8) is 0 Å². The molecule has 0 spiro atoms. The molecule has 0 unspecified atom stereocenters. The van der Waals surface area contributed by atoms with E-state index in [0.717, 1.165) is 17.3 Å². The molecule has 0 radical (unpaired) electrons. The van der Waals surface area contributed by atoms with Crippen LogP contribution in [-0.4, -0.2) is 34.4 Å². The molecule has 4 rings (SSSR count). The molecular formula is C26H24N4O4S. The van der Waals surface area contributed by atoms with Gasteiger partial charge in [-0.15, -0.1) is 10.2 Å². The number of anilines is 2. The van der Waals surface area contributed by atoms with Gasteiger partial charge in [-0.25, -0.2) is 0 Å². The maximum atomic E-state index is 12.8. The van der Waals surface area contributed by atoms with Gasteiger partial charge >= 0.3 is 0 Å². The van der Waals surface area contributed by atoms with Crippen LogP contribution in [0.2, 0.25) is 0 Å². The summed E-state index contributed by atoms with van der Waals surface area (Å²) < 4.78 is 11.3. The van der Waals surface area contributed by atoms with E-state index in [2.05, 4.69) is 20.8 Å². The van der Waals surface area contributed by atoms with Gasteiger partial charge < -0.3 is 19.8 Å². The lowest BCUT2D eigenvalue weighted by molar-refractivity contribution is -0.113. The Morgan fingerprint density at radius 2 is 1.77 bits per heavy atom. The number of aryl methyl sites for hydroxylation is 1. The number of aromatic nitrogens is 2. The van der Waals surface area contributed by atoms with E-state index in [9.17, 15) is 9.59 Å². The standard InChI is InChI=1S/C26H24N4O4S/c1-3-33-22-14-7-5-12-20(22)25-29-30-26(34-25)35-16-23(31)28-21-13-6-4-11-19(21)24(32)27-18-10-8-9-17(2)15-18/h4-15H,3,16H2,1-2H3,(H,27,32)(H,28,31). The third-order valence-electron chi connectivity index (χ3n) is 4.87. The number of thioether (sulfide) groups is 1. The summed E-state index contributed by atoms with van der Waals surface area (Å²) in [5.41, 5.74) is 3.18. The number of ether oxygens (including phenoxy) is 1. The van der Waals surface area contributed by atoms with E-state index in [4.69, 9.17) is 9.15 Å². The van der Waals surface area contributed by atoms with E-state index in [0.29, 0.717) is 40.7 Å². The summed E-state index contributed by atoms with van der Waals surface area (Å²) >= 11 is 1.11. The number of hydrogen-bond acceptors (Lipinski definition) is 7. The molecule has 3 aromatic carbocycles. The third-order valence-corrected chi connectivity index (χ3v) is 5.69. The highest BCUT2D eigenvalue weighted by Crippen LogP contribution is 2.30. The number of rotatable bonds is 9. The molecule has 4 aromatic rings. The van der Waals surface area contributed by atoms with Crippen LogP contribution < -0.4 is 15.4 Å². The van der Waals surface area contributed by atoms with E-state index in [-0.39, 0.29) is 22.8 Å². The second kappa shape index (κ2) is 11.3. The quantitative estimate of drug-likeness (QED) is 0.303. The molecule has 9 heteroatoms. The fraction of sp³-hybridized carbons (Fsp3) is 0.154. The summed E-state index contributed by atoms with van der Waals surface area (Å²) in [6.07, 6.45) is 0. The highest BCUT2D eigenvalue weighted by molar-refractivity contribution is 7.99. The number of nitrogens with one attached hydrogen (secondary N) is 2. The number of amides is 2. The topological polar surface area (TPSA) is 106 Å². The van der Waals surface area contributed by atoms with Crippen LogP contribution in [0, 0.1) is 6.92 Å². The number of hydrogen-bond donors (Lipinski definition) is 2. The smallest absolute Gasteiger partial charge is 0.277 e. The lowest BCUT2D eigenvalue weighted by Gasteiger charge is -2.11. The Morgan fingerprint density at radius 1 is 0.971 bits per heavy atom. The van der Waals surface area contributed by atoms with Crippen molar-refractivity contribution in [2.75, 3.05) is 23.0 Å². The zero-order chi connectivity index (χ0) is 24.6. The van der Waals surface area contributed by atoms with Crippen molar-refractivity contribution in [2.45, 2.75) is 19.1 Å². The van der Waals surface area contributed by atoms with Crippen molar-refractivity contribution in [1.29, 1.82) is 0 Å². The Hall–Kier alpha value is -4.11. The molecule has 0 atom stereocenters. The summed E-state index contributed by atoms with van der Waals surface area (Å²) in [6.45, 7) is 4.36. The average molecular weight is 489 g/mol. The zero-order valence-corrected chi connectivity index (χ0v) is 20.1. The molecule has 0 bridgehead atoms. The predicted octanol–water partition coefficient (Wildman–Crippen LogP) is 5.43. The van der Waals surface area contributed by atoms with Crippen LogP contribution in [0.1, 0.15) is 22.8 Å². The van der Waals surface area contributed by atoms with Gasteiger partial charge in [0.15, 0.2) is 0 Å². The Morgan fingerprint density at radius 3 is 2.60 bits per heavy atom. The van der Waals surface area contributed by atoms with E-state index in [1.807, 2.05) is 62.4 Å². The van der Waals surface area contributed by atoms with Crippen LogP contribution >= 0.6 is 11.8 Å². The second-order valence-electron chi connectivity index (χ2n) is 7.51. The fourth-order valence-electron chi connectivity index (χ4n) is 3.33. The maximum Gasteiger partial charge on any atom is 0.277 e. The van der Waals surface area contributed by atoms with Gasteiger partial charge in [-0.3, -0.25) is 9.59 Å². The number of carbonyl (C=O) groups excluding carboxylic acids is 2. The number of nitrogens with zero attached hydrogens (tertiary/aromatic N) is 2. The highest BCUT2D eigenvalue weighted by atomic mass is 32.2. The fourth-order valence-corrected chi connectivity index (χ4v) is 3.89. The molecule has 8 nitrogen and oxygen atoms in total. The number of carbonyl (C=O) groups is 2. The minimum atomic E-state index is -0.311.